The maximum absolute atomic E-state index is 2.39. The highest BCUT2D eigenvalue weighted by Gasteiger charge is 2.21. The third kappa shape index (κ3) is 9.30. The molecule has 0 saturated carbocycles. The van der Waals surface area contributed by atoms with E-state index in [1.807, 2.05) is 0 Å². The van der Waals surface area contributed by atoms with E-state index in [4.69, 9.17) is 0 Å². The van der Waals surface area contributed by atoms with Crippen LogP contribution in [0.15, 0.2) is 364 Å². The van der Waals surface area contributed by atoms with Gasteiger partial charge in [-0.3, -0.25) is 0 Å². The molecule has 19 aromatic rings. The van der Waals surface area contributed by atoms with Crippen LogP contribution >= 0.6 is 0 Å². The second-order valence-corrected chi connectivity index (χ2v) is 24.9. The molecule has 0 atom stereocenters. The lowest BCUT2D eigenvalue weighted by Gasteiger charge is -2.19. The van der Waals surface area contributed by atoms with Gasteiger partial charge in [0, 0.05) is 0 Å². The third-order valence-corrected chi connectivity index (χ3v) is 19.7. The van der Waals surface area contributed by atoms with Gasteiger partial charge in [-0.1, -0.05) is 340 Å². The normalized spacial score (nSPS) is 11.6. The van der Waals surface area contributed by atoms with Crippen molar-refractivity contribution in [2.75, 3.05) is 0 Å². The Hall–Kier alpha value is -12.2. The monoisotopic (exact) mass is 1190 g/mol. The summed E-state index contributed by atoms with van der Waals surface area (Å²) in [6.07, 6.45) is 0. The predicted octanol–water partition coefficient (Wildman–Crippen LogP) is 26.6. The highest BCUT2D eigenvalue weighted by Crippen LogP contribution is 2.49. The topological polar surface area (TPSA) is 0 Å². The number of fused-ring (bicyclic) bond motifs is 10. The van der Waals surface area contributed by atoms with Crippen LogP contribution in [0.5, 0.6) is 0 Å². The first-order valence-corrected chi connectivity index (χ1v) is 32.6. The molecule has 436 valence electrons. The fourth-order valence-electron chi connectivity index (χ4n) is 15.4. The Morgan fingerprint density at radius 3 is 0.745 bits per heavy atom. The molecule has 0 aliphatic heterocycles. The maximum Gasteiger partial charge on any atom is -0.00201 e. The van der Waals surface area contributed by atoms with Crippen molar-refractivity contribution in [3.05, 3.63) is 364 Å². The summed E-state index contributed by atoms with van der Waals surface area (Å²) < 4.78 is 0. The molecular formula is C94H60. The van der Waals surface area contributed by atoms with Gasteiger partial charge in [-0.15, -0.1) is 0 Å². The Balaban J connectivity index is 0.000000139. The quantitative estimate of drug-likeness (QED) is 0.140. The second kappa shape index (κ2) is 22.9. The average molecular weight is 1190 g/mol. The van der Waals surface area contributed by atoms with Gasteiger partial charge >= 0.3 is 0 Å². The summed E-state index contributed by atoms with van der Waals surface area (Å²) in [5.41, 5.74) is 17.7. The smallest absolute Gasteiger partial charge is 0.00201 e. The van der Waals surface area contributed by atoms with Crippen molar-refractivity contribution in [1.29, 1.82) is 0 Å². The van der Waals surface area contributed by atoms with Gasteiger partial charge in [0.25, 0.3) is 0 Å². The summed E-state index contributed by atoms with van der Waals surface area (Å²) in [5.74, 6) is 0. The molecule has 0 aliphatic rings. The Bertz CT molecular complexity index is 6100. The maximum atomic E-state index is 2.39. The summed E-state index contributed by atoms with van der Waals surface area (Å²) in [7, 11) is 0. The lowest BCUT2D eigenvalue weighted by Crippen LogP contribution is -1.92. The molecule has 0 aromatic heterocycles. The molecule has 0 radical (unpaired) electrons. The van der Waals surface area contributed by atoms with Gasteiger partial charge in [-0.05, 0) is 210 Å². The summed E-state index contributed by atoms with van der Waals surface area (Å²) in [4.78, 5) is 0. The molecule has 19 rings (SSSR count). The zero-order valence-corrected chi connectivity index (χ0v) is 51.6. The van der Waals surface area contributed by atoms with Crippen LogP contribution in [0.2, 0.25) is 0 Å². The van der Waals surface area contributed by atoms with Gasteiger partial charge < -0.3 is 0 Å². The van der Waals surface area contributed by atoms with Crippen LogP contribution in [0, 0.1) is 0 Å². The number of rotatable bonds is 7. The lowest BCUT2D eigenvalue weighted by molar-refractivity contribution is 1.63. The fraction of sp³-hybridized carbons (Fsp3) is 0. The first-order valence-electron chi connectivity index (χ1n) is 32.6. The Morgan fingerprint density at radius 1 is 0.106 bits per heavy atom. The molecule has 94 heavy (non-hydrogen) atoms. The number of hydrogen-bond acceptors (Lipinski definition) is 0. The molecule has 0 nitrogen and oxygen atoms in total. The van der Waals surface area contributed by atoms with E-state index < -0.39 is 0 Å². The molecule has 19 aromatic carbocycles. The van der Waals surface area contributed by atoms with E-state index in [-0.39, 0.29) is 0 Å². The molecule has 0 spiro atoms. The standard InChI is InChI=1S/C50H32.C44H28/c1-2-13-34(14-3-1)40-29-30-41(43-19-7-6-18-42(40)43)36-27-25-33-26-28-37(32-38(33)31-36)49-45-20-8-10-22-47(45)50(48-23-11-9-21-46(48)49)44-24-12-16-35-15-4-5-17-39(35)44;1-3-15-35-30(11-1)13-9-21-37(35)32-25-23-29-24-26-33(28-34(29)27-32)43-39-17-5-7-19-41(39)44(42-20-8-6-18-40(42)43)38-22-10-14-31-12-2-4-16-36(31)38/h1-32H;1-28H. The van der Waals surface area contributed by atoms with E-state index in [1.165, 1.54) is 186 Å². The van der Waals surface area contributed by atoms with Crippen LogP contribution in [0.4, 0.5) is 0 Å². The van der Waals surface area contributed by atoms with Gasteiger partial charge in [0.15, 0.2) is 0 Å². The summed E-state index contributed by atoms with van der Waals surface area (Å²) in [5, 5.41) is 25.4. The minimum absolute atomic E-state index is 1.23. The summed E-state index contributed by atoms with van der Waals surface area (Å²) in [6, 6.07) is 134. The zero-order valence-electron chi connectivity index (χ0n) is 51.6. The van der Waals surface area contributed by atoms with E-state index in [0.29, 0.717) is 0 Å². The minimum atomic E-state index is 1.23. The van der Waals surface area contributed by atoms with Crippen molar-refractivity contribution < 1.29 is 0 Å². The highest BCUT2D eigenvalue weighted by molar-refractivity contribution is 6.26. The van der Waals surface area contributed by atoms with Crippen molar-refractivity contribution >= 4 is 108 Å². The Labute approximate surface area is 546 Å². The van der Waals surface area contributed by atoms with E-state index in [0.717, 1.165) is 0 Å². The lowest BCUT2D eigenvalue weighted by atomic mass is 9.84. The third-order valence-electron chi connectivity index (χ3n) is 19.7. The number of benzene rings is 19. The average Bonchev–Trinajstić information content (AvgIpc) is 0.738. The van der Waals surface area contributed by atoms with E-state index in [1.54, 1.807) is 0 Å². The van der Waals surface area contributed by atoms with Crippen LogP contribution < -0.4 is 0 Å². The molecule has 0 aliphatic carbocycles. The molecule has 0 N–H and O–H groups in total. The first kappa shape index (κ1) is 54.7. The van der Waals surface area contributed by atoms with Crippen molar-refractivity contribution in [2.45, 2.75) is 0 Å². The molecule has 0 fully saturated rings. The van der Waals surface area contributed by atoms with E-state index >= 15 is 0 Å². The summed E-state index contributed by atoms with van der Waals surface area (Å²) in [6.45, 7) is 0. The minimum Gasteiger partial charge on any atom is -0.0622 e. The van der Waals surface area contributed by atoms with Gasteiger partial charge in [-0.2, -0.15) is 0 Å². The van der Waals surface area contributed by atoms with Crippen LogP contribution in [-0.4, -0.2) is 0 Å². The molecule has 0 bridgehead atoms. The fourth-order valence-corrected chi connectivity index (χ4v) is 15.4. The predicted molar refractivity (Wildman–Crippen MR) is 406 cm³/mol. The molecule has 0 unspecified atom stereocenters. The van der Waals surface area contributed by atoms with Crippen molar-refractivity contribution in [3.8, 4) is 77.9 Å². The van der Waals surface area contributed by atoms with Crippen LogP contribution in [-0.2, 0) is 0 Å². The molecular weight excluding hydrogens is 1130 g/mol. The van der Waals surface area contributed by atoms with Crippen molar-refractivity contribution in [3.63, 3.8) is 0 Å². The Kier molecular flexibility index (Phi) is 13.3. The molecule has 0 amide bonds. The van der Waals surface area contributed by atoms with E-state index in [9.17, 15) is 0 Å². The van der Waals surface area contributed by atoms with Crippen LogP contribution in [0.3, 0.4) is 0 Å². The molecule has 0 heteroatoms. The van der Waals surface area contributed by atoms with Gasteiger partial charge in [0.1, 0.15) is 0 Å². The van der Waals surface area contributed by atoms with Crippen molar-refractivity contribution in [1.82, 2.24) is 0 Å². The zero-order chi connectivity index (χ0) is 62.1. The van der Waals surface area contributed by atoms with Gasteiger partial charge in [0.2, 0.25) is 0 Å². The summed E-state index contributed by atoms with van der Waals surface area (Å²) >= 11 is 0. The number of hydrogen-bond donors (Lipinski definition) is 0. The second-order valence-electron chi connectivity index (χ2n) is 24.9. The van der Waals surface area contributed by atoms with Gasteiger partial charge in [-0.25, -0.2) is 0 Å². The molecule has 0 heterocycles. The van der Waals surface area contributed by atoms with Crippen LogP contribution in [0.25, 0.3) is 186 Å². The largest absolute Gasteiger partial charge is 0.0622 e. The van der Waals surface area contributed by atoms with Crippen LogP contribution in [0.1, 0.15) is 0 Å². The highest BCUT2D eigenvalue weighted by atomic mass is 14.2. The SMILES string of the molecule is c1ccc(-c2ccc(-c3ccc4ccc(-c5c6ccccc6c(-c6cccc7ccccc67)c6ccccc56)cc4c3)c3ccccc23)cc1.c1ccc2c(-c3ccc4ccc(-c5c6ccccc6c(-c6cccc7ccccc67)c6ccccc56)cc4c3)cccc2c1. The first-order chi connectivity index (χ1) is 46.6. The molecule has 0 saturated heterocycles. The van der Waals surface area contributed by atoms with Gasteiger partial charge in [0.05, 0.1) is 0 Å². The van der Waals surface area contributed by atoms with Crippen molar-refractivity contribution in [2.24, 2.45) is 0 Å². The van der Waals surface area contributed by atoms with E-state index in [2.05, 4.69) is 364 Å². The Morgan fingerprint density at radius 2 is 0.362 bits per heavy atom.